The second kappa shape index (κ2) is 6.16. The van der Waals surface area contributed by atoms with Crippen LogP contribution < -0.4 is 0 Å². The van der Waals surface area contributed by atoms with Crippen molar-refractivity contribution in [2.45, 2.75) is 83.7 Å². The third-order valence-electron chi connectivity index (χ3n) is 6.35. The first kappa shape index (κ1) is 13.9. The summed E-state index contributed by atoms with van der Waals surface area (Å²) in [5.41, 5.74) is 0. The predicted molar refractivity (Wildman–Crippen MR) is 79.9 cm³/mol. The Morgan fingerprint density at radius 3 is 2.00 bits per heavy atom. The summed E-state index contributed by atoms with van der Waals surface area (Å²) in [6.45, 7) is 2.27. The maximum Gasteiger partial charge on any atom is 0.0573 e. The zero-order valence-corrected chi connectivity index (χ0v) is 12.7. The number of unbranched alkanes of at least 4 members (excludes halogenated alkanes) is 4. The molecule has 4 fully saturated rings. The normalized spacial score (nSPS) is 41.7. The van der Waals surface area contributed by atoms with Gasteiger partial charge >= 0.3 is 0 Å². The molecule has 4 aliphatic carbocycles. The van der Waals surface area contributed by atoms with Gasteiger partial charge in [0.2, 0.25) is 0 Å². The van der Waals surface area contributed by atoms with E-state index in [4.69, 9.17) is 0 Å². The lowest BCUT2D eigenvalue weighted by atomic mass is 9.50. The minimum Gasteiger partial charge on any atom is -0.393 e. The molecule has 4 aliphatic rings. The van der Waals surface area contributed by atoms with Gasteiger partial charge in [-0.1, -0.05) is 39.0 Å². The molecule has 0 spiro atoms. The first-order valence-corrected chi connectivity index (χ1v) is 8.96. The van der Waals surface area contributed by atoms with Crippen molar-refractivity contribution < 1.29 is 5.11 Å². The molecule has 0 aliphatic heterocycles. The van der Waals surface area contributed by atoms with Crippen LogP contribution in [0.5, 0.6) is 0 Å². The zero-order valence-electron chi connectivity index (χ0n) is 12.7. The predicted octanol–water partition coefficient (Wildman–Crippen LogP) is 4.78. The zero-order chi connectivity index (χ0) is 13.2. The topological polar surface area (TPSA) is 20.2 Å². The molecule has 1 N–H and O–H groups in total. The number of aliphatic hydroxyl groups is 1. The van der Waals surface area contributed by atoms with Gasteiger partial charge in [-0.15, -0.1) is 0 Å². The van der Waals surface area contributed by atoms with Gasteiger partial charge in [0.25, 0.3) is 0 Å². The van der Waals surface area contributed by atoms with E-state index in [9.17, 15) is 5.11 Å². The summed E-state index contributed by atoms with van der Waals surface area (Å²) in [6, 6.07) is 0. The SMILES string of the molecule is CCCCCCCC(O)C1C2CC3CC(C2)CC1C3. The van der Waals surface area contributed by atoms with E-state index in [-0.39, 0.29) is 6.10 Å². The van der Waals surface area contributed by atoms with Gasteiger partial charge in [0.15, 0.2) is 0 Å². The number of hydrogen-bond acceptors (Lipinski definition) is 1. The molecule has 4 saturated carbocycles. The largest absolute Gasteiger partial charge is 0.393 e. The maximum absolute atomic E-state index is 10.6. The fourth-order valence-electron chi connectivity index (χ4n) is 5.75. The lowest BCUT2D eigenvalue weighted by molar-refractivity contribution is -0.0915. The lowest BCUT2D eigenvalue weighted by Crippen LogP contribution is -2.49. The van der Waals surface area contributed by atoms with Crippen LogP contribution in [0.2, 0.25) is 0 Å². The van der Waals surface area contributed by atoms with Crippen molar-refractivity contribution in [2.24, 2.45) is 29.6 Å². The van der Waals surface area contributed by atoms with Crippen LogP contribution in [0.3, 0.4) is 0 Å². The minimum absolute atomic E-state index is 0.0247. The van der Waals surface area contributed by atoms with Crippen LogP contribution in [-0.4, -0.2) is 11.2 Å². The van der Waals surface area contributed by atoms with Crippen LogP contribution in [0.25, 0.3) is 0 Å². The van der Waals surface area contributed by atoms with Gasteiger partial charge in [-0.05, 0) is 68.1 Å². The van der Waals surface area contributed by atoms with E-state index in [1.54, 1.807) is 0 Å². The summed E-state index contributed by atoms with van der Waals surface area (Å²) in [6.07, 6.45) is 15.1. The number of rotatable bonds is 7. The van der Waals surface area contributed by atoms with E-state index in [1.807, 2.05) is 0 Å². The van der Waals surface area contributed by atoms with Gasteiger partial charge < -0.3 is 5.11 Å². The van der Waals surface area contributed by atoms with Gasteiger partial charge in [-0.3, -0.25) is 0 Å². The second-order valence-corrected chi connectivity index (χ2v) is 7.78. The Morgan fingerprint density at radius 2 is 1.42 bits per heavy atom. The van der Waals surface area contributed by atoms with Crippen molar-refractivity contribution in [3.8, 4) is 0 Å². The van der Waals surface area contributed by atoms with Gasteiger partial charge in [0.05, 0.1) is 6.10 Å². The summed E-state index contributed by atoms with van der Waals surface area (Å²) in [5, 5.41) is 10.6. The molecule has 0 radical (unpaired) electrons. The van der Waals surface area contributed by atoms with E-state index in [0.717, 1.165) is 30.1 Å². The van der Waals surface area contributed by atoms with E-state index in [0.29, 0.717) is 5.92 Å². The fraction of sp³-hybridized carbons (Fsp3) is 1.00. The van der Waals surface area contributed by atoms with Crippen LogP contribution in [0, 0.1) is 29.6 Å². The summed E-state index contributed by atoms with van der Waals surface area (Å²) < 4.78 is 0. The van der Waals surface area contributed by atoms with E-state index in [1.165, 1.54) is 64.2 Å². The Balaban J connectivity index is 1.46. The van der Waals surface area contributed by atoms with Crippen LogP contribution in [0.1, 0.15) is 77.6 Å². The molecule has 0 aromatic heterocycles. The first-order chi connectivity index (χ1) is 9.28. The quantitative estimate of drug-likeness (QED) is 0.656. The molecule has 4 rings (SSSR count). The van der Waals surface area contributed by atoms with Gasteiger partial charge in [0.1, 0.15) is 0 Å². The number of hydrogen-bond donors (Lipinski definition) is 1. The molecule has 1 nitrogen and oxygen atoms in total. The Morgan fingerprint density at radius 1 is 0.842 bits per heavy atom. The maximum atomic E-state index is 10.6. The van der Waals surface area contributed by atoms with Crippen molar-refractivity contribution >= 4 is 0 Å². The highest BCUT2D eigenvalue weighted by molar-refractivity contribution is 4.99. The lowest BCUT2D eigenvalue weighted by Gasteiger charge is -2.55. The van der Waals surface area contributed by atoms with Crippen LogP contribution in [-0.2, 0) is 0 Å². The molecule has 0 aromatic carbocycles. The first-order valence-electron chi connectivity index (χ1n) is 8.96. The van der Waals surface area contributed by atoms with Gasteiger partial charge in [-0.25, -0.2) is 0 Å². The second-order valence-electron chi connectivity index (χ2n) is 7.78. The van der Waals surface area contributed by atoms with Gasteiger partial charge in [0, 0.05) is 0 Å². The third-order valence-corrected chi connectivity index (χ3v) is 6.35. The van der Waals surface area contributed by atoms with E-state index in [2.05, 4.69) is 6.92 Å². The van der Waals surface area contributed by atoms with Crippen LogP contribution >= 0.6 is 0 Å². The Hall–Kier alpha value is -0.0400. The molecule has 4 bridgehead atoms. The molecule has 0 amide bonds. The molecule has 1 atom stereocenters. The standard InChI is InChI=1S/C18H32O/c1-2-3-4-5-6-7-17(19)18-15-9-13-8-14(11-15)12-16(18)10-13/h13-19H,2-12H2,1H3. The Bertz CT molecular complexity index is 257. The molecule has 0 heterocycles. The van der Waals surface area contributed by atoms with Gasteiger partial charge in [-0.2, -0.15) is 0 Å². The molecule has 110 valence electrons. The average molecular weight is 264 g/mol. The Labute approximate surface area is 119 Å². The highest BCUT2D eigenvalue weighted by atomic mass is 16.3. The smallest absolute Gasteiger partial charge is 0.0573 e. The summed E-state index contributed by atoms with van der Waals surface area (Å²) >= 11 is 0. The van der Waals surface area contributed by atoms with E-state index < -0.39 is 0 Å². The number of aliphatic hydroxyl groups excluding tert-OH is 1. The van der Waals surface area contributed by atoms with Crippen molar-refractivity contribution in [2.75, 3.05) is 0 Å². The molecule has 1 unspecified atom stereocenters. The Kier molecular flexibility index (Phi) is 4.51. The highest BCUT2D eigenvalue weighted by Gasteiger charge is 2.49. The van der Waals surface area contributed by atoms with Crippen molar-refractivity contribution in [1.82, 2.24) is 0 Å². The molecular formula is C18H32O. The monoisotopic (exact) mass is 264 g/mol. The minimum atomic E-state index is 0.0247. The molecule has 1 heteroatoms. The van der Waals surface area contributed by atoms with Crippen molar-refractivity contribution in [3.05, 3.63) is 0 Å². The third kappa shape index (κ3) is 3.01. The van der Waals surface area contributed by atoms with Crippen molar-refractivity contribution in [1.29, 1.82) is 0 Å². The van der Waals surface area contributed by atoms with Crippen molar-refractivity contribution in [3.63, 3.8) is 0 Å². The average Bonchev–Trinajstić information content (AvgIpc) is 2.37. The molecule has 0 aromatic rings. The highest BCUT2D eigenvalue weighted by Crippen LogP contribution is 2.57. The molecule has 0 saturated heterocycles. The fourth-order valence-corrected chi connectivity index (χ4v) is 5.75. The van der Waals surface area contributed by atoms with Crippen LogP contribution in [0.15, 0.2) is 0 Å². The molecular weight excluding hydrogens is 232 g/mol. The summed E-state index contributed by atoms with van der Waals surface area (Å²) in [7, 11) is 0. The molecule has 19 heavy (non-hydrogen) atoms. The van der Waals surface area contributed by atoms with E-state index >= 15 is 0 Å². The summed E-state index contributed by atoms with van der Waals surface area (Å²) in [5.74, 6) is 4.54. The van der Waals surface area contributed by atoms with Crippen LogP contribution in [0.4, 0.5) is 0 Å². The summed E-state index contributed by atoms with van der Waals surface area (Å²) in [4.78, 5) is 0.